The van der Waals surface area contributed by atoms with Crippen LogP contribution in [0.5, 0.6) is 0 Å². The second-order valence-corrected chi connectivity index (χ2v) is 3.41. The molecule has 0 fully saturated rings. The van der Waals surface area contributed by atoms with Gasteiger partial charge in [-0.15, -0.1) is 0 Å². The quantitative estimate of drug-likeness (QED) is 0.540. The fourth-order valence-corrected chi connectivity index (χ4v) is 1.48. The Labute approximate surface area is 70.2 Å². The summed E-state index contributed by atoms with van der Waals surface area (Å²) in [5.74, 6) is 1.02. The summed E-state index contributed by atoms with van der Waals surface area (Å²) in [5.41, 5.74) is 0. The predicted octanol–water partition coefficient (Wildman–Crippen LogP) is 3.04. The molecule has 0 amide bonds. The van der Waals surface area contributed by atoms with Crippen molar-refractivity contribution in [1.82, 2.24) is 0 Å². The molecule has 0 saturated heterocycles. The summed E-state index contributed by atoms with van der Waals surface area (Å²) in [6, 6.07) is 0. The van der Waals surface area contributed by atoms with E-state index in [2.05, 4.69) is 13.8 Å². The molecule has 0 aromatic carbocycles. The SMILES string of the molecule is CCCC(CC)C[C@H](C)C=O. The molecule has 0 spiro atoms. The van der Waals surface area contributed by atoms with Crippen molar-refractivity contribution in [3.05, 3.63) is 0 Å². The van der Waals surface area contributed by atoms with Gasteiger partial charge >= 0.3 is 0 Å². The van der Waals surface area contributed by atoms with E-state index >= 15 is 0 Å². The molecule has 0 aromatic heterocycles. The largest absolute Gasteiger partial charge is 0.303 e. The normalized spacial score (nSPS) is 15.9. The number of carbonyl (C=O) groups is 1. The Morgan fingerprint density at radius 3 is 2.36 bits per heavy atom. The lowest BCUT2D eigenvalue weighted by Gasteiger charge is -2.14. The minimum absolute atomic E-state index is 0.256. The fraction of sp³-hybridized carbons (Fsp3) is 0.900. The Morgan fingerprint density at radius 1 is 1.36 bits per heavy atom. The second-order valence-electron chi connectivity index (χ2n) is 3.41. The molecule has 1 heteroatoms. The third-order valence-electron chi connectivity index (χ3n) is 2.21. The molecule has 0 rings (SSSR count). The molecule has 11 heavy (non-hydrogen) atoms. The summed E-state index contributed by atoms with van der Waals surface area (Å²) in [6.07, 6.45) is 5.87. The van der Waals surface area contributed by atoms with E-state index in [-0.39, 0.29) is 5.92 Å². The van der Waals surface area contributed by atoms with Crippen LogP contribution in [0.2, 0.25) is 0 Å². The summed E-state index contributed by atoms with van der Waals surface area (Å²) < 4.78 is 0. The molecule has 0 bridgehead atoms. The zero-order valence-corrected chi connectivity index (χ0v) is 7.97. The molecule has 66 valence electrons. The van der Waals surface area contributed by atoms with E-state index in [0.717, 1.165) is 18.6 Å². The van der Waals surface area contributed by atoms with Crippen molar-refractivity contribution < 1.29 is 4.79 Å². The van der Waals surface area contributed by atoms with Crippen LogP contribution in [0.3, 0.4) is 0 Å². The monoisotopic (exact) mass is 156 g/mol. The van der Waals surface area contributed by atoms with E-state index in [1.807, 2.05) is 6.92 Å². The van der Waals surface area contributed by atoms with Gasteiger partial charge in [0, 0.05) is 5.92 Å². The molecule has 1 unspecified atom stereocenters. The predicted molar refractivity (Wildman–Crippen MR) is 48.5 cm³/mol. The maximum Gasteiger partial charge on any atom is 0.122 e. The number of carbonyl (C=O) groups excluding carboxylic acids is 1. The second kappa shape index (κ2) is 6.38. The molecular formula is C10H20O. The molecule has 0 aliphatic rings. The van der Waals surface area contributed by atoms with E-state index in [0.29, 0.717) is 0 Å². The van der Waals surface area contributed by atoms with Crippen molar-refractivity contribution in [3.63, 3.8) is 0 Å². The molecule has 1 nitrogen and oxygen atoms in total. The Bertz CT molecular complexity index is 99.0. The van der Waals surface area contributed by atoms with Crippen LogP contribution >= 0.6 is 0 Å². The molecule has 0 N–H and O–H groups in total. The first kappa shape index (κ1) is 10.7. The standard InChI is InChI=1S/C10H20O/c1-4-6-10(5-2)7-9(3)8-11/h8-10H,4-7H2,1-3H3/t9-,10?/m0/s1. The highest BCUT2D eigenvalue weighted by Gasteiger charge is 2.09. The van der Waals surface area contributed by atoms with Crippen LogP contribution in [0.4, 0.5) is 0 Å². The lowest BCUT2D eigenvalue weighted by Crippen LogP contribution is -2.06. The molecule has 2 atom stereocenters. The molecule has 0 radical (unpaired) electrons. The summed E-state index contributed by atoms with van der Waals surface area (Å²) in [5, 5.41) is 0. The fourth-order valence-electron chi connectivity index (χ4n) is 1.48. The summed E-state index contributed by atoms with van der Waals surface area (Å²) in [6.45, 7) is 6.41. The zero-order valence-electron chi connectivity index (χ0n) is 7.97. The maximum absolute atomic E-state index is 10.4. The van der Waals surface area contributed by atoms with Crippen molar-refractivity contribution in [3.8, 4) is 0 Å². The highest BCUT2D eigenvalue weighted by atomic mass is 16.1. The topological polar surface area (TPSA) is 17.1 Å². The minimum atomic E-state index is 0.256. The van der Waals surface area contributed by atoms with Crippen molar-refractivity contribution in [2.45, 2.75) is 46.5 Å². The van der Waals surface area contributed by atoms with Crippen LogP contribution in [-0.2, 0) is 4.79 Å². The first-order valence-electron chi connectivity index (χ1n) is 4.69. The lowest BCUT2D eigenvalue weighted by molar-refractivity contribution is -0.111. The Morgan fingerprint density at radius 2 is 2.00 bits per heavy atom. The van der Waals surface area contributed by atoms with Gasteiger partial charge < -0.3 is 4.79 Å². The van der Waals surface area contributed by atoms with E-state index in [1.165, 1.54) is 19.3 Å². The van der Waals surface area contributed by atoms with Gasteiger partial charge in [0.15, 0.2) is 0 Å². The number of aldehydes is 1. The van der Waals surface area contributed by atoms with Gasteiger partial charge in [0.1, 0.15) is 6.29 Å². The van der Waals surface area contributed by atoms with Gasteiger partial charge in [-0.25, -0.2) is 0 Å². The highest BCUT2D eigenvalue weighted by Crippen LogP contribution is 2.19. The molecule has 0 aliphatic heterocycles. The van der Waals surface area contributed by atoms with Crippen LogP contribution in [0.1, 0.15) is 46.5 Å². The molecule has 0 heterocycles. The molecule has 0 aromatic rings. The molecule has 0 aliphatic carbocycles. The average molecular weight is 156 g/mol. The van der Waals surface area contributed by atoms with Crippen LogP contribution in [0, 0.1) is 11.8 Å². The van der Waals surface area contributed by atoms with E-state index < -0.39 is 0 Å². The van der Waals surface area contributed by atoms with Crippen LogP contribution in [0.15, 0.2) is 0 Å². The highest BCUT2D eigenvalue weighted by molar-refractivity contribution is 5.52. The van der Waals surface area contributed by atoms with E-state index in [1.54, 1.807) is 0 Å². The van der Waals surface area contributed by atoms with Crippen molar-refractivity contribution in [1.29, 1.82) is 0 Å². The van der Waals surface area contributed by atoms with Gasteiger partial charge in [-0.1, -0.05) is 40.0 Å². The van der Waals surface area contributed by atoms with Crippen molar-refractivity contribution in [2.24, 2.45) is 11.8 Å². The van der Waals surface area contributed by atoms with Crippen molar-refractivity contribution in [2.75, 3.05) is 0 Å². The number of hydrogen-bond donors (Lipinski definition) is 0. The average Bonchev–Trinajstić information content (AvgIpc) is 2.03. The van der Waals surface area contributed by atoms with Crippen molar-refractivity contribution >= 4 is 6.29 Å². The van der Waals surface area contributed by atoms with Gasteiger partial charge in [0.25, 0.3) is 0 Å². The van der Waals surface area contributed by atoms with Gasteiger partial charge in [0.05, 0.1) is 0 Å². The summed E-state index contributed by atoms with van der Waals surface area (Å²) >= 11 is 0. The Kier molecular flexibility index (Phi) is 6.19. The Hall–Kier alpha value is -0.330. The van der Waals surface area contributed by atoms with E-state index in [9.17, 15) is 4.79 Å². The van der Waals surface area contributed by atoms with Gasteiger partial charge in [-0.3, -0.25) is 0 Å². The molecule has 0 saturated carbocycles. The van der Waals surface area contributed by atoms with Crippen LogP contribution in [0.25, 0.3) is 0 Å². The maximum atomic E-state index is 10.4. The molecular weight excluding hydrogens is 136 g/mol. The van der Waals surface area contributed by atoms with Gasteiger partial charge in [-0.05, 0) is 12.3 Å². The summed E-state index contributed by atoms with van der Waals surface area (Å²) in [7, 11) is 0. The third-order valence-corrected chi connectivity index (χ3v) is 2.21. The number of hydrogen-bond acceptors (Lipinski definition) is 1. The first-order valence-corrected chi connectivity index (χ1v) is 4.69. The smallest absolute Gasteiger partial charge is 0.122 e. The van der Waals surface area contributed by atoms with E-state index in [4.69, 9.17) is 0 Å². The zero-order chi connectivity index (χ0) is 8.69. The third kappa shape index (κ3) is 5.00. The Balaban J connectivity index is 3.57. The summed E-state index contributed by atoms with van der Waals surface area (Å²) in [4.78, 5) is 10.4. The van der Waals surface area contributed by atoms with Crippen LogP contribution in [-0.4, -0.2) is 6.29 Å². The first-order chi connectivity index (χ1) is 5.24. The minimum Gasteiger partial charge on any atom is -0.303 e. The number of rotatable bonds is 6. The van der Waals surface area contributed by atoms with Crippen LogP contribution < -0.4 is 0 Å². The van der Waals surface area contributed by atoms with Gasteiger partial charge in [-0.2, -0.15) is 0 Å². The lowest BCUT2D eigenvalue weighted by atomic mass is 9.91. The van der Waals surface area contributed by atoms with Gasteiger partial charge in [0.2, 0.25) is 0 Å².